The highest BCUT2D eigenvalue weighted by Gasteiger charge is 2.44. The van der Waals surface area contributed by atoms with Gasteiger partial charge in [-0.15, -0.1) is 0 Å². The van der Waals surface area contributed by atoms with Crippen molar-refractivity contribution in [2.45, 2.75) is 92.5 Å². The molecule has 1 aromatic carbocycles. The predicted octanol–water partition coefficient (Wildman–Crippen LogP) is 6.75. The van der Waals surface area contributed by atoms with E-state index in [0.717, 1.165) is 43.5 Å². The predicted molar refractivity (Wildman–Crippen MR) is 133 cm³/mol. The Balaban J connectivity index is 2.06. The number of ketones is 1. The molecule has 0 spiro atoms. The van der Waals surface area contributed by atoms with E-state index in [-0.39, 0.29) is 11.0 Å². The summed E-state index contributed by atoms with van der Waals surface area (Å²) in [6, 6.07) is 4.52. The van der Waals surface area contributed by atoms with Crippen LogP contribution in [0.4, 0.5) is 5.69 Å². The van der Waals surface area contributed by atoms with Crippen molar-refractivity contribution in [3.63, 3.8) is 0 Å². The number of allylic oxidation sites excluding steroid dienone is 1. The lowest BCUT2D eigenvalue weighted by Crippen LogP contribution is -2.45. The topological polar surface area (TPSA) is 41.1 Å². The molecule has 0 bridgehead atoms. The van der Waals surface area contributed by atoms with Gasteiger partial charge >= 0.3 is 0 Å². The number of carbonyl (C=O) groups is 1. The molecule has 0 amide bonds. The van der Waals surface area contributed by atoms with E-state index in [9.17, 15) is 4.79 Å². The van der Waals surface area contributed by atoms with Crippen molar-refractivity contribution < 1.29 is 4.79 Å². The van der Waals surface area contributed by atoms with Crippen LogP contribution < -0.4 is 10.6 Å². The standard InChI is InChI=1S/C28H44N2O/c1-9-18(2)14-28(15-19(3)10-20(4)16-28)26(31)13-25-23-12-24(29-8)21(5)11-22(23)17-27(6,7)30-25/h11-13,18-20,29-30H,9-10,14-17H2,1-8H3/b25-13-. The SMILES string of the molecule is CCC(C)CC1(C(=O)/C=C2\NC(C)(C)Cc3cc(C)c(NC)cc32)CC(C)CC(C)C1. The Bertz CT molecular complexity index is 841. The largest absolute Gasteiger partial charge is 0.388 e. The molecule has 2 aliphatic rings. The molecule has 1 aliphatic heterocycles. The lowest BCUT2D eigenvalue weighted by molar-refractivity contribution is -0.128. The number of hydrogen-bond acceptors (Lipinski definition) is 3. The number of aryl methyl sites for hydroxylation is 1. The van der Waals surface area contributed by atoms with Crippen molar-refractivity contribution in [3.05, 3.63) is 34.9 Å². The number of rotatable bonds is 6. The molecule has 0 saturated heterocycles. The third-order valence-corrected chi connectivity index (χ3v) is 7.63. The zero-order valence-corrected chi connectivity index (χ0v) is 21.1. The molecule has 1 heterocycles. The molecule has 2 N–H and O–H groups in total. The van der Waals surface area contributed by atoms with E-state index in [2.05, 4.69) is 71.2 Å². The highest BCUT2D eigenvalue weighted by Crippen LogP contribution is 2.48. The summed E-state index contributed by atoms with van der Waals surface area (Å²) >= 11 is 0. The molecular formula is C28H44N2O. The summed E-state index contributed by atoms with van der Waals surface area (Å²) in [7, 11) is 1.97. The smallest absolute Gasteiger partial charge is 0.163 e. The molecule has 1 saturated carbocycles. The molecule has 1 aliphatic carbocycles. The Labute approximate surface area is 190 Å². The van der Waals surface area contributed by atoms with E-state index < -0.39 is 0 Å². The second-order valence-corrected chi connectivity index (χ2v) is 11.5. The van der Waals surface area contributed by atoms with Gasteiger partial charge in [-0.25, -0.2) is 0 Å². The van der Waals surface area contributed by atoms with Crippen molar-refractivity contribution in [2.75, 3.05) is 12.4 Å². The average Bonchev–Trinajstić information content (AvgIpc) is 2.65. The van der Waals surface area contributed by atoms with Crippen LogP contribution in [0.2, 0.25) is 0 Å². The Morgan fingerprint density at radius 3 is 2.48 bits per heavy atom. The number of hydrogen-bond donors (Lipinski definition) is 2. The van der Waals surface area contributed by atoms with Gasteiger partial charge in [-0.1, -0.05) is 40.2 Å². The van der Waals surface area contributed by atoms with E-state index in [1.807, 2.05) is 13.1 Å². The zero-order valence-electron chi connectivity index (χ0n) is 21.1. The first kappa shape index (κ1) is 23.9. The van der Waals surface area contributed by atoms with Gasteiger partial charge < -0.3 is 10.6 Å². The number of benzene rings is 1. The summed E-state index contributed by atoms with van der Waals surface area (Å²) in [5, 5.41) is 7.03. The normalized spacial score (nSPS) is 29.7. The molecular weight excluding hydrogens is 380 g/mol. The van der Waals surface area contributed by atoms with Gasteiger partial charge in [0.25, 0.3) is 0 Å². The van der Waals surface area contributed by atoms with Crippen LogP contribution in [0.5, 0.6) is 0 Å². The maximum atomic E-state index is 14.0. The van der Waals surface area contributed by atoms with Crippen molar-refractivity contribution in [1.29, 1.82) is 0 Å². The molecule has 3 nitrogen and oxygen atoms in total. The summed E-state index contributed by atoms with van der Waals surface area (Å²) in [5.41, 5.74) is 5.62. The van der Waals surface area contributed by atoms with Crippen LogP contribution in [0, 0.1) is 30.1 Å². The molecule has 0 radical (unpaired) electrons. The van der Waals surface area contributed by atoms with E-state index >= 15 is 0 Å². The molecule has 31 heavy (non-hydrogen) atoms. The quantitative estimate of drug-likeness (QED) is 0.496. The molecule has 1 fully saturated rings. The van der Waals surface area contributed by atoms with Crippen LogP contribution in [0.25, 0.3) is 5.70 Å². The van der Waals surface area contributed by atoms with Gasteiger partial charge in [-0.3, -0.25) is 4.79 Å². The Morgan fingerprint density at radius 1 is 1.26 bits per heavy atom. The highest BCUT2D eigenvalue weighted by atomic mass is 16.1. The second-order valence-electron chi connectivity index (χ2n) is 11.5. The fourth-order valence-corrected chi connectivity index (χ4v) is 6.34. The van der Waals surface area contributed by atoms with Crippen LogP contribution in [0.15, 0.2) is 18.2 Å². The number of carbonyl (C=O) groups excluding carboxylic acids is 1. The van der Waals surface area contributed by atoms with E-state index in [0.29, 0.717) is 23.5 Å². The fourth-order valence-electron chi connectivity index (χ4n) is 6.34. The Hall–Kier alpha value is -1.77. The monoisotopic (exact) mass is 424 g/mol. The minimum Gasteiger partial charge on any atom is -0.388 e. The molecule has 172 valence electrons. The fraction of sp³-hybridized carbons (Fsp3) is 0.679. The summed E-state index contributed by atoms with van der Waals surface area (Å²) in [6.07, 6.45) is 8.36. The first-order valence-corrected chi connectivity index (χ1v) is 12.3. The summed E-state index contributed by atoms with van der Waals surface area (Å²) in [4.78, 5) is 14.0. The summed E-state index contributed by atoms with van der Waals surface area (Å²) in [5.74, 6) is 2.12. The maximum Gasteiger partial charge on any atom is 0.163 e. The first-order valence-electron chi connectivity index (χ1n) is 12.3. The van der Waals surface area contributed by atoms with Crippen LogP contribution in [0.1, 0.15) is 90.3 Å². The van der Waals surface area contributed by atoms with Gasteiger partial charge in [-0.05, 0) is 87.8 Å². The van der Waals surface area contributed by atoms with Gasteiger partial charge in [0.1, 0.15) is 0 Å². The van der Waals surface area contributed by atoms with Crippen LogP contribution in [-0.4, -0.2) is 18.4 Å². The molecule has 0 aromatic heterocycles. The molecule has 3 heteroatoms. The number of fused-ring (bicyclic) bond motifs is 1. The summed E-state index contributed by atoms with van der Waals surface area (Å²) < 4.78 is 0. The van der Waals surface area contributed by atoms with Crippen molar-refractivity contribution in [1.82, 2.24) is 5.32 Å². The first-order chi connectivity index (χ1) is 14.5. The van der Waals surface area contributed by atoms with Crippen molar-refractivity contribution in [2.24, 2.45) is 23.2 Å². The highest BCUT2D eigenvalue weighted by molar-refractivity contribution is 6.01. The van der Waals surface area contributed by atoms with Gasteiger partial charge in [0, 0.05) is 41.0 Å². The van der Waals surface area contributed by atoms with Crippen molar-refractivity contribution >= 4 is 17.2 Å². The lowest BCUT2D eigenvalue weighted by Gasteiger charge is -2.43. The van der Waals surface area contributed by atoms with E-state index in [1.54, 1.807) is 0 Å². The molecule has 3 rings (SSSR count). The Kier molecular flexibility index (Phi) is 6.93. The lowest BCUT2D eigenvalue weighted by atomic mass is 9.60. The third-order valence-electron chi connectivity index (χ3n) is 7.63. The molecule has 3 unspecified atom stereocenters. The van der Waals surface area contributed by atoms with Crippen LogP contribution >= 0.6 is 0 Å². The minimum absolute atomic E-state index is 0.0657. The van der Waals surface area contributed by atoms with Gasteiger partial charge in [0.2, 0.25) is 0 Å². The maximum absolute atomic E-state index is 14.0. The van der Waals surface area contributed by atoms with Crippen LogP contribution in [-0.2, 0) is 11.2 Å². The van der Waals surface area contributed by atoms with E-state index in [4.69, 9.17) is 0 Å². The average molecular weight is 425 g/mol. The summed E-state index contributed by atoms with van der Waals surface area (Å²) in [6.45, 7) is 15.8. The molecule has 3 atom stereocenters. The van der Waals surface area contributed by atoms with Gasteiger partial charge in [-0.2, -0.15) is 0 Å². The van der Waals surface area contributed by atoms with Gasteiger partial charge in [0.15, 0.2) is 5.78 Å². The second kappa shape index (κ2) is 9.00. The van der Waals surface area contributed by atoms with E-state index in [1.165, 1.54) is 23.1 Å². The third kappa shape index (κ3) is 5.18. The Morgan fingerprint density at radius 2 is 1.90 bits per heavy atom. The number of anilines is 1. The van der Waals surface area contributed by atoms with Crippen molar-refractivity contribution in [3.8, 4) is 0 Å². The minimum atomic E-state index is -0.223. The van der Waals surface area contributed by atoms with Crippen LogP contribution in [0.3, 0.4) is 0 Å². The zero-order chi connectivity index (χ0) is 23.0. The molecule has 1 aromatic rings. The number of nitrogens with one attached hydrogen (secondary N) is 2. The van der Waals surface area contributed by atoms with Gasteiger partial charge in [0.05, 0.1) is 0 Å².